The Balaban J connectivity index is 1.95. The van der Waals surface area contributed by atoms with Crippen molar-refractivity contribution >= 4 is 12.0 Å². The van der Waals surface area contributed by atoms with Gasteiger partial charge in [-0.2, -0.15) is 0 Å². The first-order chi connectivity index (χ1) is 9.29. The van der Waals surface area contributed by atoms with E-state index in [1.165, 1.54) is 0 Å². The lowest BCUT2D eigenvalue weighted by molar-refractivity contribution is -0.117. The van der Waals surface area contributed by atoms with Gasteiger partial charge in [-0.15, -0.1) is 0 Å². The molecular weight excluding hydrogens is 238 g/mol. The summed E-state index contributed by atoms with van der Waals surface area (Å²) >= 11 is 0. The quantitative estimate of drug-likeness (QED) is 0.807. The van der Waals surface area contributed by atoms with Crippen LogP contribution in [0, 0.1) is 0 Å². The molecule has 0 spiro atoms. The summed E-state index contributed by atoms with van der Waals surface area (Å²) in [5.41, 5.74) is 1.00. The number of aromatic amines is 1. The SMILES string of the molecule is CCC(NC(=O)/C=C/c1ccccc1)c1ncc[nH]1. The van der Waals surface area contributed by atoms with Crippen molar-refractivity contribution < 1.29 is 4.79 Å². The maximum absolute atomic E-state index is 11.8. The fourth-order valence-corrected chi connectivity index (χ4v) is 1.79. The number of hydrogen-bond donors (Lipinski definition) is 2. The van der Waals surface area contributed by atoms with Crippen molar-refractivity contribution in [2.45, 2.75) is 19.4 Å². The Morgan fingerprint density at radius 1 is 1.42 bits per heavy atom. The van der Waals surface area contributed by atoms with Gasteiger partial charge in [-0.25, -0.2) is 4.98 Å². The Hall–Kier alpha value is -2.36. The second-order valence-electron chi connectivity index (χ2n) is 4.19. The van der Waals surface area contributed by atoms with Gasteiger partial charge in [-0.05, 0) is 18.1 Å². The van der Waals surface area contributed by atoms with Crippen molar-refractivity contribution in [3.8, 4) is 0 Å². The molecule has 4 heteroatoms. The lowest BCUT2D eigenvalue weighted by Gasteiger charge is -2.12. The minimum Gasteiger partial charge on any atom is -0.347 e. The summed E-state index contributed by atoms with van der Waals surface area (Å²) in [5, 5.41) is 2.92. The predicted octanol–water partition coefficient (Wildman–Crippen LogP) is 2.69. The normalized spacial score (nSPS) is 12.5. The van der Waals surface area contributed by atoms with E-state index in [-0.39, 0.29) is 11.9 Å². The molecule has 1 amide bonds. The highest BCUT2D eigenvalue weighted by atomic mass is 16.1. The highest BCUT2D eigenvalue weighted by Gasteiger charge is 2.12. The molecule has 0 saturated heterocycles. The smallest absolute Gasteiger partial charge is 0.244 e. The van der Waals surface area contributed by atoms with E-state index in [1.807, 2.05) is 37.3 Å². The number of rotatable bonds is 5. The van der Waals surface area contributed by atoms with Crippen molar-refractivity contribution in [3.05, 3.63) is 60.2 Å². The molecule has 98 valence electrons. The van der Waals surface area contributed by atoms with Crippen LogP contribution in [0.15, 0.2) is 48.8 Å². The number of benzene rings is 1. The largest absolute Gasteiger partial charge is 0.347 e. The summed E-state index contributed by atoms with van der Waals surface area (Å²) < 4.78 is 0. The summed E-state index contributed by atoms with van der Waals surface area (Å²) in [6.07, 6.45) is 7.57. The van der Waals surface area contributed by atoms with E-state index in [0.717, 1.165) is 17.8 Å². The Bertz CT molecular complexity index is 532. The van der Waals surface area contributed by atoms with E-state index in [2.05, 4.69) is 15.3 Å². The molecule has 1 atom stereocenters. The Labute approximate surface area is 112 Å². The molecule has 0 aliphatic carbocycles. The third kappa shape index (κ3) is 3.81. The number of carbonyl (C=O) groups is 1. The summed E-state index contributed by atoms with van der Waals surface area (Å²) in [4.78, 5) is 19.0. The zero-order chi connectivity index (χ0) is 13.5. The van der Waals surface area contributed by atoms with Crippen molar-refractivity contribution in [1.29, 1.82) is 0 Å². The topological polar surface area (TPSA) is 57.8 Å². The third-order valence-corrected chi connectivity index (χ3v) is 2.80. The molecule has 2 aromatic rings. The summed E-state index contributed by atoms with van der Waals surface area (Å²) in [6, 6.07) is 9.65. The van der Waals surface area contributed by atoms with Gasteiger partial charge < -0.3 is 10.3 Å². The molecule has 1 aromatic heterocycles. The van der Waals surface area contributed by atoms with Gasteiger partial charge in [0.1, 0.15) is 5.82 Å². The van der Waals surface area contributed by atoms with Gasteiger partial charge >= 0.3 is 0 Å². The third-order valence-electron chi connectivity index (χ3n) is 2.80. The minimum absolute atomic E-state index is 0.0806. The average molecular weight is 255 g/mol. The van der Waals surface area contributed by atoms with Crippen molar-refractivity contribution in [3.63, 3.8) is 0 Å². The first-order valence-corrected chi connectivity index (χ1v) is 6.32. The zero-order valence-electron chi connectivity index (χ0n) is 10.8. The number of nitrogens with one attached hydrogen (secondary N) is 2. The highest BCUT2D eigenvalue weighted by molar-refractivity contribution is 5.91. The molecule has 2 rings (SSSR count). The van der Waals surface area contributed by atoms with Crippen molar-refractivity contribution in [2.24, 2.45) is 0 Å². The highest BCUT2D eigenvalue weighted by Crippen LogP contribution is 2.11. The van der Waals surface area contributed by atoms with Crippen molar-refractivity contribution in [1.82, 2.24) is 15.3 Å². The van der Waals surface area contributed by atoms with Crippen LogP contribution in [0.3, 0.4) is 0 Å². The van der Waals surface area contributed by atoms with Gasteiger partial charge in [0.15, 0.2) is 0 Å². The molecular formula is C15H17N3O. The molecule has 0 fully saturated rings. The minimum atomic E-state index is -0.118. The van der Waals surface area contributed by atoms with E-state index >= 15 is 0 Å². The fraction of sp³-hybridized carbons (Fsp3) is 0.200. The van der Waals surface area contributed by atoms with E-state index in [4.69, 9.17) is 0 Å². The van der Waals surface area contributed by atoms with E-state index in [9.17, 15) is 4.79 Å². The molecule has 1 heterocycles. The van der Waals surface area contributed by atoms with Crippen LogP contribution in [0.2, 0.25) is 0 Å². The van der Waals surface area contributed by atoms with Gasteiger partial charge in [-0.3, -0.25) is 4.79 Å². The van der Waals surface area contributed by atoms with Gasteiger partial charge in [0, 0.05) is 18.5 Å². The van der Waals surface area contributed by atoms with Crippen LogP contribution in [-0.2, 0) is 4.79 Å². The average Bonchev–Trinajstić information content (AvgIpc) is 2.97. The molecule has 0 aliphatic heterocycles. The van der Waals surface area contributed by atoms with E-state index in [1.54, 1.807) is 24.5 Å². The maximum Gasteiger partial charge on any atom is 0.244 e. The van der Waals surface area contributed by atoms with Crippen LogP contribution in [0.4, 0.5) is 0 Å². The number of carbonyl (C=O) groups excluding carboxylic acids is 1. The molecule has 1 unspecified atom stereocenters. The lowest BCUT2D eigenvalue weighted by atomic mass is 10.2. The van der Waals surface area contributed by atoms with Gasteiger partial charge in [-0.1, -0.05) is 37.3 Å². The van der Waals surface area contributed by atoms with Crippen LogP contribution < -0.4 is 5.32 Å². The molecule has 2 N–H and O–H groups in total. The van der Waals surface area contributed by atoms with Crippen LogP contribution >= 0.6 is 0 Å². The Kier molecular flexibility index (Phi) is 4.50. The number of amides is 1. The first-order valence-electron chi connectivity index (χ1n) is 6.32. The molecule has 19 heavy (non-hydrogen) atoms. The lowest BCUT2D eigenvalue weighted by Crippen LogP contribution is -2.27. The Morgan fingerprint density at radius 2 is 2.21 bits per heavy atom. The fourth-order valence-electron chi connectivity index (χ4n) is 1.79. The number of hydrogen-bond acceptors (Lipinski definition) is 2. The van der Waals surface area contributed by atoms with Gasteiger partial charge in [0.25, 0.3) is 0 Å². The molecule has 0 aliphatic rings. The van der Waals surface area contributed by atoms with Crippen LogP contribution in [-0.4, -0.2) is 15.9 Å². The standard InChI is InChI=1S/C15H17N3O/c1-2-13(15-16-10-11-17-15)18-14(19)9-8-12-6-4-3-5-7-12/h3-11,13H,2H2,1H3,(H,16,17)(H,18,19)/b9-8+. The number of nitrogens with zero attached hydrogens (tertiary/aromatic N) is 1. The predicted molar refractivity (Wildman–Crippen MR) is 75.2 cm³/mol. The van der Waals surface area contributed by atoms with Crippen LogP contribution in [0.25, 0.3) is 6.08 Å². The number of H-pyrrole nitrogens is 1. The second-order valence-corrected chi connectivity index (χ2v) is 4.19. The Morgan fingerprint density at radius 3 is 2.84 bits per heavy atom. The van der Waals surface area contributed by atoms with E-state index < -0.39 is 0 Å². The second kappa shape index (κ2) is 6.54. The molecule has 0 radical (unpaired) electrons. The zero-order valence-corrected chi connectivity index (χ0v) is 10.8. The molecule has 4 nitrogen and oxygen atoms in total. The number of imidazole rings is 1. The van der Waals surface area contributed by atoms with Crippen LogP contribution in [0.1, 0.15) is 30.8 Å². The maximum atomic E-state index is 11.8. The first kappa shape index (κ1) is 13.1. The van der Waals surface area contributed by atoms with Gasteiger partial charge in [0.05, 0.1) is 6.04 Å². The molecule has 1 aromatic carbocycles. The summed E-state index contributed by atoms with van der Waals surface area (Å²) in [6.45, 7) is 2.01. The van der Waals surface area contributed by atoms with Crippen molar-refractivity contribution in [2.75, 3.05) is 0 Å². The van der Waals surface area contributed by atoms with E-state index in [0.29, 0.717) is 0 Å². The molecule has 0 bridgehead atoms. The monoisotopic (exact) mass is 255 g/mol. The number of aromatic nitrogens is 2. The summed E-state index contributed by atoms with van der Waals surface area (Å²) in [7, 11) is 0. The van der Waals surface area contributed by atoms with Crippen LogP contribution in [0.5, 0.6) is 0 Å². The summed E-state index contributed by atoms with van der Waals surface area (Å²) in [5.74, 6) is 0.663. The van der Waals surface area contributed by atoms with Gasteiger partial charge in [0.2, 0.25) is 5.91 Å². The molecule has 0 saturated carbocycles.